The molecule has 1 fully saturated rings. The van der Waals surface area contributed by atoms with Gasteiger partial charge in [-0.25, -0.2) is 4.79 Å². The number of hydrogen-bond donors (Lipinski definition) is 0. The van der Waals surface area contributed by atoms with Crippen LogP contribution < -0.4 is 15.2 Å². The molecule has 0 radical (unpaired) electrons. The third-order valence-electron chi connectivity index (χ3n) is 4.75. The minimum absolute atomic E-state index is 0.140. The van der Waals surface area contributed by atoms with Gasteiger partial charge >= 0.3 is 11.8 Å². The molecule has 3 aromatic rings. The highest BCUT2D eigenvalue weighted by molar-refractivity contribution is 6.30. The van der Waals surface area contributed by atoms with Crippen LogP contribution in [0.2, 0.25) is 5.02 Å². The summed E-state index contributed by atoms with van der Waals surface area (Å²) in [6.07, 6.45) is 3.72. The molecular weight excluding hydrogens is 394 g/mol. The van der Waals surface area contributed by atoms with Gasteiger partial charge in [-0.15, -0.1) is 0 Å². The van der Waals surface area contributed by atoms with E-state index in [1.807, 2.05) is 12.1 Å². The summed E-state index contributed by atoms with van der Waals surface area (Å²) in [4.78, 5) is 14.5. The van der Waals surface area contributed by atoms with E-state index in [9.17, 15) is 4.79 Å². The number of ether oxygens (including phenoxy) is 2. The number of piperidine rings is 1. The number of rotatable bonds is 7. The maximum atomic E-state index is 12.1. The first-order valence-corrected chi connectivity index (χ1v) is 10.0. The van der Waals surface area contributed by atoms with Crippen molar-refractivity contribution in [3.63, 3.8) is 0 Å². The minimum atomic E-state index is -0.632. The predicted molar refractivity (Wildman–Crippen MR) is 109 cm³/mol. The molecule has 2 aromatic carbocycles. The Morgan fingerprint density at radius 3 is 2.38 bits per heavy atom. The van der Waals surface area contributed by atoms with Gasteiger partial charge in [0.2, 0.25) is 0 Å². The van der Waals surface area contributed by atoms with E-state index < -0.39 is 5.76 Å². The standard InChI is InChI=1S/C21H22ClN3O4/c22-16-4-8-19(9-5-16)28-20-23-25(21(26)29-20)17-6-10-18(11-7-17)27-15-14-24-12-2-1-3-13-24/h4-11H,1-3,12-15H2. The average molecular weight is 416 g/mol. The van der Waals surface area contributed by atoms with Gasteiger partial charge in [0.1, 0.15) is 18.1 Å². The van der Waals surface area contributed by atoms with Crippen molar-refractivity contribution < 1.29 is 13.9 Å². The lowest BCUT2D eigenvalue weighted by atomic mass is 10.1. The van der Waals surface area contributed by atoms with E-state index >= 15 is 0 Å². The number of nitrogens with zero attached hydrogens (tertiary/aromatic N) is 3. The zero-order valence-electron chi connectivity index (χ0n) is 15.9. The highest BCUT2D eigenvalue weighted by atomic mass is 35.5. The minimum Gasteiger partial charge on any atom is -0.492 e. The molecule has 29 heavy (non-hydrogen) atoms. The molecule has 0 unspecified atom stereocenters. The predicted octanol–water partition coefficient (Wildman–Crippen LogP) is 4.14. The van der Waals surface area contributed by atoms with Gasteiger partial charge in [-0.1, -0.05) is 23.1 Å². The Labute approximate surface area is 173 Å². The fraction of sp³-hybridized carbons (Fsp3) is 0.333. The van der Waals surface area contributed by atoms with Gasteiger partial charge in [-0.3, -0.25) is 4.90 Å². The first-order chi connectivity index (χ1) is 14.2. The lowest BCUT2D eigenvalue weighted by molar-refractivity contribution is 0.183. The van der Waals surface area contributed by atoms with Crippen molar-refractivity contribution in [2.24, 2.45) is 0 Å². The van der Waals surface area contributed by atoms with Crippen LogP contribution in [0, 0.1) is 0 Å². The van der Waals surface area contributed by atoms with Crippen molar-refractivity contribution in [2.75, 3.05) is 26.2 Å². The van der Waals surface area contributed by atoms with Gasteiger partial charge in [0.05, 0.1) is 5.69 Å². The van der Waals surface area contributed by atoms with Gasteiger partial charge in [0.15, 0.2) is 0 Å². The summed E-state index contributed by atoms with van der Waals surface area (Å²) < 4.78 is 17.5. The Bertz CT molecular complexity index is 976. The summed E-state index contributed by atoms with van der Waals surface area (Å²) in [6.45, 7) is 3.87. The normalized spacial score (nSPS) is 14.7. The van der Waals surface area contributed by atoms with Crippen LogP contribution in [0.25, 0.3) is 5.69 Å². The van der Waals surface area contributed by atoms with E-state index in [0.29, 0.717) is 23.1 Å². The summed E-state index contributed by atoms with van der Waals surface area (Å²) >= 11 is 5.85. The first-order valence-electron chi connectivity index (χ1n) is 9.66. The van der Waals surface area contributed by atoms with Crippen molar-refractivity contribution in [1.29, 1.82) is 0 Å². The van der Waals surface area contributed by atoms with Crippen LogP contribution in [0.1, 0.15) is 19.3 Å². The molecule has 0 aliphatic carbocycles. The SMILES string of the molecule is O=c1oc(Oc2ccc(Cl)cc2)nn1-c1ccc(OCCN2CCCCC2)cc1. The summed E-state index contributed by atoms with van der Waals surface area (Å²) in [5, 5.41) is 4.67. The number of likely N-dealkylation sites (tertiary alicyclic amines) is 1. The molecule has 7 nitrogen and oxygen atoms in total. The molecule has 0 spiro atoms. The molecule has 0 atom stereocenters. The molecular formula is C21H22ClN3O4. The Morgan fingerprint density at radius 2 is 1.66 bits per heavy atom. The smallest absolute Gasteiger partial charge is 0.444 e. The molecule has 2 heterocycles. The maximum absolute atomic E-state index is 12.1. The monoisotopic (exact) mass is 415 g/mol. The zero-order valence-corrected chi connectivity index (χ0v) is 16.7. The molecule has 1 saturated heterocycles. The number of aromatic nitrogens is 2. The quantitative estimate of drug-likeness (QED) is 0.577. The second-order valence-electron chi connectivity index (χ2n) is 6.85. The molecule has 8 heteroatoms. The van der Waals surface area contributed by atoms with Crippen molar-refractivity contribution in [2.45, 2.75) is 19.3 Å². The summed E-state index contributed by atoms with van der Waals surface area (Å²) in [6, 6.07) is 13.8. The fourth-order valence-corrected chi connectivity index (χ4v) is 3.35. The second kappa shape index (κ2) is 9.15. The molecule has 0 amide bonds. The van der Waals surface area contributed by atoms with Crippen LogP contribution in [-0.4, -0.2) is 40.9 Å². The van der Waals surface area contributed by atoms with Gasteiger partial charge in [-0.05, 0) is 74.5 Å². The average Bonchev–Trinajstić information content (AvgIpc) is 3.11. The highest BCUT2D eigenvalue weighted by Gasteiger charge is 2.13. The van der Waals surface area contributed by atoms with E-state index in [1.54, 1.807) is 36.4 Å². The number of halogens is 1. The summed E-state index contributed by atoms with van der Waals surface area (Å²) in [5.74, 6) is 0.591. The lowest BCUT2D eigenvalue weighted by Crippen LogP contribution is -2.33. The Balaban J connectivity index is 1.36. The fourth-order valence-electron chi connectivity index (χ4n) is 3.23. The maximum Gasteiger partial charge on any atom is 0.444 e. The van der Waals surface area contributed by atoms with Crippen LogP contribution in [-0.2, 0) is 0 Å². The number of hydrogen-bond acceptors (Lipinski definition) is 6. The highest BCUT2D eigenvalue weighted by Crippen LogP contribution is 2.21. The molecule has 1 aliphatic rings. The molecule has 1 aromatic heterocycles. The molecule has 0 saturated carbocycles. The van der Waals surface area contributed by atoms with Gasteiger partial charge in [-0.2, -0.15) is 4.68 Å². The van der Waals surface area contributed by atoms with Gasteiger partial charge in [0, 0.05) is 11.6 Å². The van der Waals surface area contributed by atoms with Gasteiger partial charge in [0.25, 0.3) is 0 Å². The third-order valence-corrected chi connectivity index (χ3v) is 5.01. The second-order valence-corrected chi connectivity index (χ2v) is 7.28. The van der Waals surface area contributed by atoms with Crippen molar-refractivity contribution in [3.8, 4) is 23.3 Å². The molecule has 152 valence electrons. The number of benzene rings is 2. The largest absolute Gasteiger partial charge is 0.492 e. The summed E-state index contributed by atoms with van der Waals surface area (Å²) in [5.41, 5.74) is 0.563. The molecule has 0 N–H and O–H groups in total. The topological polar surface area (TPSA) is 69.7 Å². The van der Waals surface area contributed by atoms with Crippen LogP contribution in [0.3, 0.4) is 0 Å². The van der Waals surface area contributed by atoms with E-state index in [-0.39, 0.29) is 6.08 Å². The van der Waals surface area contributed by atoms with Crippen molar-refractivity contribution in [3.05, 3.63) is 64.1 Å². The van der Waals surface area contributed by atoms with Crippen LogP contribution in [0.5, 0.6) is 17.6 Å². The Morgan fingerprint density at radius 1 is 0.966 bits per heavy atom. The van der Waals surface area contributed by atoms with Gasteiger partial charge < -0.3 is 13.9 Å². The van der Waals surface area contributed by atoms with E-state index in [0.717, 1.165) is 30.1 Å². The Hall–Kier alpha value is -2.77. The first kappa shape index (κ1) is 19.5. The third kappa shape index (κ3) is 5.19. The zero-order chi connectivity index (χ0) is 20.1. The van der Waals surface area contributed by atoms with Crippen LogP contribution in [0.4, 0.5) is 0 Å². The lowest BCUT2D eigenvalue weighted by Gasteiger charge is -2.26. The molecule has 4 rings (SSSR count). The molecule has 0 bridgehead atoms. The van der Waals surface area contributed by atoms with Crippen molar-refractivity contribution >= 4 is 11.6 Å². The van der Waals surface area contributed by atoms with E-state index in [1.165, 1.54) is 19.3 Å². The van der Waals surface area contributed by atoms with E-state index in [4.69, 9.17) is 25.5 Å². The summed E-state index contributed by atoms with van der Waals surface area (Å²) in [7, 11) is 0. The van der Waals surface area contributed by atoms with Crippen molar-refractivity contribution in [1.82, 2.24) is 14.7 Å². The van der Waals surface area contributed by atoms with Crippen LogP contribution >= 0.6 is 11.6 Å². The molecule has 1 aliphatic heterocycles. The van der Waals surface area contributed by atoms with Crippen LogP contribution in [0.15, 0.2) is 57.7 Å². The Kier molecular flexibility index (Phi) is 6.17. The van der Waals surface area contributed by atoms with E-state index in [2.05, 4.69) is 10.00 Å².